The number of anilines is 2. The molecule has 1 N–H and O–H groups in total. The molecular weight excluding hydrogens is 345 g/mol. The van der Waals surface area contributed by atoms with E-state index in [0.717, 1.165) is 24.7 Å². The number of carbonyl (C=O) groups excluding carboxylic acids is 1. The Morgan fingerprint density at radius 1 is 1.25 bits per heavy atom. The Balaban J connectivity index is 1.73. The fourth-order valence-corrected chi connectivity index (χ4v) is 3.35. The van der Waals surface area contributed by atoms with Gasteiger partial charge < -0.3 is 10.2 Å². The Hall–Kier alpha value is -1.78. The standard InChI is InChI=1S/C18H19Cl2N3O/c1-12-6-9-23(10-7-12)16-5-4-13(11-15(16)19)22-18(24)14-3-2-8-21-17(14)20/h2-5,8,11-12H,6-7,9-10H2,1H3,(H,22,24). The van der Waals surface area contributed by atoms with Gasteiger partial charge in [-0.25, -0.2) is 4.98 Å². The van der Waals surface area contributed by atoms with Crippen LogP contribution in [0.4, 0.5) is 11.4 Å². The summed E-state index contributed by atoms with van der Waals surface area (Å²) in [6.45, 7) is 4.30. The first-order chi connectivity index (χ1) is 11.5. The average Bonchev–Trinajstić information content (AvgIpc) is 2.56. The molecule has 0 aliphatic carbocycles. The molecule has 0 spiro atoms. The number of benzene rings is 1. The van der Waals surface area contributed by atoms with E-state index in [4.69, 9.17) is 23.2 Å². The van der Waals surface area contributed by atoms with E-state index in [1.54, 1.807) is 24.4 Å². The predicted octanol–water partition coefficient (Wildman–Crippen LogP) is 4.88. The topological polar surface area (TPSA) is 45.2 Å². The quantitative estimate of drug-likeness (QED) is 0.790. The second kappa shape index (κ2) is 7.41. The molecule has 3 rings (SSSR count). The Morgan fingerprint density at radius 3 is 2.67 bits per heavy atom. The molecule has 1 amide bonds. The Morgan fingerprint density at radius 2 is 2.00 bits per heavy atom. The highest BCUT2D eigenvalue weighted by Gasteiger charge is 2.18. The van der Waals surface area contributed by atoms with Crippen molar-refractivity contribution in [2.24, 2.45) is 5.92 Å². The van der Waals surface area contributed by atoms with Crippen LogP contribution in [-0.2, 0) is 0 Å². The van der Waals surface area contributed by atoms with Crippen LogP contribution in [-0.4, -0.2) is 24.0 Å². The van der Waals surface area contributed by atoms with Gasteiger partial charge in [0.15, 0.2) is 0 Å². The number of rotatable bonds is 3. The third kappa shape index (κ3) is 3.82. The first-order valence-corrected chi connectivity index (χ1v) is 8.76. The van der Waals surface area contributed by atoms with E-state index in [2.05, 4.69) is 22.1 Å². The van der Waals surface area contributed by atoms with Crippen LogP contribution < -0.4 is 10.2 Å². The van der Waals surface area contributed by atoms with Crippen LogP contribution in [0.25, 0.3) is 0 Å². The van der Waals surface area contributed by atoms with Crippen molar-refractivity contribution in [3.63, 3.8) is 0 Å². The normalized spacial score (nSPS) is 15.4. The van der Waals surface area contributed by atoms with E-state index in [0.29, 0.717) is 16.3 Å². The molecule has 0 unspecified atom stereocenters. The zero-order valence-electron chi connectivity index (χ0n) is 13.4. The van der Waals surface area contributed by atoms with Crippen LogP contribution in [0.2, 0.25) is 10.2 Å². The fourth-order valence-electron chi connectivity index (χ4n) is 2.84. The molecule has 0 bridgehead atoms. The molecule has 0 saturated carbocycles. The third-order valence-electron chi connectivity index (χ3n) is 4.33. The number of aromatic nitrogens is 1. The van der Waals surface area contributed by atoms with Crippen LogP contribution in [0.15, 0.2) is 36.5 Å². The van der Waals surface area contributed by atoms with E-state index in [1.165, 1.54) is 12.8 Å². The second-order valence-electron chi connectivity index (χ2n) is 6.13. The van der Waals surface area contributed by atoms with Crippen molar-refractivity contribution in [2.45, 2.75) is 19.8 Å². The average molecular weight is 364 g/mol. The van der Waals surface area contributed by atoms with Crippen LogP contribution in [0, 0.1) is 5.92 Å². The Labute approximate surface area is 151 Å². The van der Waals surface area contributed by atoms with Gasteiger partial charge in [-0.1, -0.05) is 30.1 Å². The lowest BCUT2D eigenvalue weighted by atomic mass is 9.99. The summed E-state index contributed by atoms with van der Waals surface area (Å²) in [6.07, 6.45) is 3.90. The first-order valence-electron chi connectivity index (χ1n) is 8.01. The lowest BCUT2D eigenvalue weighted by Crippen LogP contribution is -2.32. The number of nitrogens with one attached hydrogen (secondary N) is 1. The number of amides is 1. The number of carbonyl (C=O) groups is 1. The molecule has 2 aromatic rings. The largest absolute Gasteiger partial charge is 0.370 e. The number of nitrogens with zero attached hydrogens (tertiary/aromatic N) is 2. The number of pyridine rings is 1. The van der Waals surface area contributed by atoms with Crippen molar-refractivity contribution in [3.05, 3.63) is 52.3 Å². The van der Waals surface area contributed by atoms with Crippen molar-refractivity contribution < 1.29 is 4.79 Å². The van der Waals surface area contributed by atoms with Gasteiger partial charge in [0, 0.05) is 25.0 Å². The minimum absolute atomic E-state index is 0.181. The van der Waals surface area contributed by atoms with Gasteiger partial charge >= 0.3 is 0 Å². The number of hydrogen-bond donors (Lipinski definition) is 1. The molecule has 24 heavy (non-hydrogen) atoms. The van der Waals surface area contributed by atoms with Crippen LogP contribution >= 0.6 is 23.2 Å². The second-order valence-corrected chi connectivity index (χ2v) is 6.90. The molecule has 6 heteroatoms. The molecule has 1 saturated heterocycles. The molecule has 2 heterocycles. The summed E-state index contributed by atoms with van der Waals surface area (Å²) in [5, 5.41) is 3.63. The number of piperidine rings is 1. The lowest BCUT2D eigenvalue weighted by Gasteiger charge is -2.32. The Kier molecular flexibility index (Phi) is 5.27. The smallest absolute Gasteiger partial charge is 0.258 e. The molecule has 0 atom stereocenters. The molecule has 1 fully saturated rings. The van der Waals surface area contributed by atoms with Crippen molar-refractivity contribution in [3.8, 4) is 0 Å². The highest BCUT2D eigenvalue weighted by molar-refractivity contribution is 6.34. The van der Waals surface area contributed by atoms with Gasteiger partial charge in [0.1, 0.15) is 5.15 Å². The molecule has 1 aromatic carbocycles. The van der Waals surface area contributed by atoms with E-state index < -0.39 is 0 Å². The molecule has 4 nitrogen and oxygen atoms in total. The summed E-state index contributed by atoms with van der Waals surface area (Å²) in [5.41, 5.74) is 1.99. The summed E-state index contributed by atoms with van der Waals surface area (Å²) in [4.78, 5) is 18.5. The third-order valence-corrected chi connectivity index (χ3v) is 4.94. The van der Waals surface area contributed by atoms with Gasteiger partial charge in [0.25, 0.3) is 5.91 Å². The first kappa shape index (κ1) is 17.1. The maximum absolute atomic E-state index is 12.3. The zero-order valence-corrected chi connectivity index (χ0v) is 14.9. The lowest BCUT2D eigenvalue weighted by molar-refractivity contribution is 0.102. The monoisotopic (exact) mass is 363 g/mol. The van der Waals surface area contributed by atoms with Crippen molar-refractivity contribution in [1.82, 2.24) is 4.98 Å². The maximum Gasteiger partial charge on any atom is 0.258 e. The fraction of sp³-hybridized carbons (Fsp3) is 0.333. The molecule has 1 aliphatic rings. The minimum atomic E-state index is -0.302. The van der Waals surface area contributed by atoms with E-state index in [9.17, 15) is 4.79 Å². The summed E-state index contributed by atoms with van der Waals surface area (Å²) < 4.78 is 0. The SMILES string of the molecule is CC1CCN(c2ccc(NC(=O)c3cccnc3Cl)cc2Cl)CC1. The van der Waals surface area contributed by atoms with Crippen molar-refractivity contribution in [2.75, 3.05) is 23.3 Å². The van der Waals surface area contributed by atoms with Gasteiger partial charge in [-0.3, -0.25) is 4.79 Å². The Bertz CT molecular complexity index is 743. The number of halogens is 2. The van der Waals surface area contributed by atoms with E-state index >= 15 is 0 Å². The van der Waals surface area contributed by atoms with Crippen LogP contribution in [0.1, 0.15) is 30.1 Å². The highest BCUT2D eigenvalue weighted by Crippen LogP contribution is 2.32. The van der Waals surface area contributed by atoms with Gasteiger partial charge in [-0.05, 0) is 49.1 Å². The van der Waals surface area contributed by atoms with E-state index in [1.807, 2.05) is 12.1 Å². The number of hydrogen-bond acceptors (Lipinski definition) is 3. The van der Waals surface area contributed by atoms with Gasteiger partial charge in [0.2, 0.25) is 0 Å². The van der Waals surface area contributed by atoms with Crippen molar-refractivity contribution >= 4 is 40.5 Å². The van der Waals surface area contributed by atoms with E-state index in [-0.39, 0.29) is 11.1 Å². The zero-order chi connectivity index (χ0) is 17.1. The molecule has 1 aromatic heterocycles. The molecule has 1 aliphatic heterocycles. The molecular formula is C18H19Cl2N3O. The van der Waals surface area contributed by atoms with Gasteiger partial charge in [-0.2, -0.15) is 0 Å². The highest BCUT2D eigenvalue weighted by atomic mass is 35.5. The van der Waals surface area contributed by atoms with Crippen LogP contribution in [0.3, 0.4) is 0 Å². The van der Waals surface area contributed by atoms with Crippen molar-refractivity contribution in [1.29, 1.82) is 0 Å². The molecule has 126 valence electrons. The summed E-state index contributed by atoms with van der Waals surface area (Å²) in [5.74, 6) is 0.464. The minimum Gasteiger partial charge on any atom is -0.370 e. The van der Waals surface area contributed by atoms with Gasteiger partial charge in [-0.15, -0.1) is 0 Å². The summed E-state index contributed by atoms with van der Waals surface area (Å²) in [7, 11) is 0. The van der Waals surface area contributed by atoms with Crippen LogP contribution in [0.5, 0.6) is 0 Å². The van der Waals surface area contributed by atoms with Gasteiger partial charge in [0.05, 0.1) is 16.3 Å². The predicted molar refractivity (Wildman–Crippen MR) is 99.3 cm³/mol. The summed E-state index contributed by atoms with van der Waals surface area (Å²) in [6, 6.07) is 8.90. The maximum atomic E-state index is 12.3. The molecule has 0 radical (unpaired) electrons. The summed E-state index contributed by atoms with van der Waals surface area (Å²) >= 11 is 12.4.